The van der Waals surface area contributed by atoms with Crippen molar-refractivity contribution in [2.45, 2.75) is 9.79 Å². The molecule has 0 aliphatic rings. The fraction of sp³-hybridized carbons (Fsp3) is 0. The Hall–Kier alpha value is -2.31. The molecule has 2 aromatic heterocycles. The Balaban J connectivity index is 1.71. The maximum atomic E-state index is 5.81. The predicted octanol–water partition coefficient (Wildman–Crippen LogP) is 4.05. The predicted molar refractivity (Wildman–Crippen MR) is 86.3 cm³/mol. The van der Waals surface area contributed by atoms with Crippen molar-refractivity contribution >= 4 is 29.3 Å². The molecule has 0 unspecified atom stereocenters. The van der Waals surface area contributed by atoms with Crippen LogP contribution in [0.3, 0.4) is 0 Å². The molecule has 2 heterocycles. The number of benzene rings is 1. The second kappa shape index (κ2) is 6.64. The largest absolute Gasteiger partial charge is 0.439 e. The first-order valence-corrected chi connectivity index (χ1v) is 7.54. The third kappa shape index (κ3) is 3.87. The van der Waals surface area contributed by atoms with Crippen molar-refractivity contribution in [1.29, 1.82) is 0 Å². The van der Waals surface area contributed by atoms with Crippen molar-refractivity contribution in [3.63, 3.8) is 0 Å². The summed E-state index contributed by atoms with van der Waals surface area (Å²) in [6.45, 7) is 0. The van der Waals surface area contributed by atoms with Gasteiger partial charge in [0.05, 0.1) is 0 Å². The third-order valence-corrected chi connectivity index (χ3v) is 3.83. The monoisotopic (exact) mass is 330 g/mol. The summed E-state index contributed by atoms with van der Waals surface area (Å²) < 4.78 is 5.61. The molecule has 1 aromatic carbocycles. The zero-order valence-corrected chi connectivity index (χ0v) is 12.9. The molecule has 0 amide bonds. The number of halogens is 1. The lowest BCUT2D eigenvalue weighted by molar-refractivity contribution is 0.462. The highest BCUT2D eigenvalue weighted by atomic mass is 35.5. The molecule has 5 nitrogen and oxygen atoms in total. The number of aromatic nitrogens is 3. The molecule has 0 aliphatic heterocycles. The van der Waals surface area contributed by atoms with E-state index in [2.05, 4.69) is 15.0 Å². The minimum atomic E-state index is 0.0763. The number of nitrogen functional groups attached to an aromatic ring is 1. The highest BCUT2D eigenvalue weighted by Crippen LogP contribution is 2.29. The SMILES string of the molecule is Nc1nc(Cl)cc(Oc2ccc(Sc3ccncc3)cc2)n1. The third-order valence-electron chi connectivity index (χ3n) is 2.62. The van der Waals surface area contributed by atoms with Gasteiger partial charge in [0, 0.05) is 28.3 Å². The molecule has 0 saturated carbocycles. The van der Waals surface area contributed by atoms with E-state index in [4.69, 9.17) is 22.1 Å². The van der Waals surface area contributed by atoms with Crippen molar-refractivity contribution in [3.8, 4) is 11.6 Å². The van der Waals surface area contributed by atoms with Gasteiger partial charge in [-0.3, -0.25) is 4.98 Å². The molecule has 0 radical (unpaired) electrons. The van der Waals surface area contributed by atoms with E-state index in [-0.39, 0.29) is 11.1 Å². The molecule has 0 atom stereocenters. The summed E-state index contributed by atoms with van der Waals surface area (Å²) in [5.41, 5.74) is 5.53. The number of rotatable bonds is 4. The first-order chi connectivity index (χ1) is 10.7. The van der Waals surface area contributed by atoms with Gasteiger partial charge in [-0.05, 0) is 36.4 Å². The first-order valence-electron chi connectivity index (χ1n) is 6.35. The molecule has 22 heavy (non-hydrogen) atoms. The lowest BCUT2D eigenvalue weighted by Gasteiger charge is -2.06. The maximum Gasteiger partial charge on any atom is 0.225 e. The zero-order valence-electron chi connectivity index (χ0n) is 11.3. The van der Waals surface area contributed by atoms with Crippen LogP contribution in [-0.4, -0.2) is 15.0 Å². The van der Waals surface area contributed by atoms with Crippen molar-refractivity contribution in [3.05, 3.63) is 60.0 Å². The molecule has 3 aromatic rings. The topological polar surface area (TPSA) is 73.9 Å². The normalized spacial score (nSPS) is 10.4. The second-order valence-electron chi connectivity index (χ2n) is 4.25. The highest BCUT2D eigenvalue weighted by molar-refractivity contribution is 7.99. The lowest BCUT2D eigenvalue weighted by Crippen LogP contribution is -1.97. The fourth-order valence-corrected chi connectivity index (χ4v) is 2.69. The number of ether oxygens (including phenoxy) is 1. The molecule has 0 aliphatic carbocycles. The van der Waals surface area contributed by atoms with Crippen LogP contribution in [0.1, 0.15) is 0 Å². The Bertz CT molecular complexity index is 748. The second-order valence-corrected chi connectivity index (χ2v) is 5.78. The van der Waals surface area contributed by atoms with Crippen molar-refractivity contribution in [1.82, 2.24) is 15.0 Å². The number of hydrogen-bond acceptors (Lipinski definition) is 6. The van der Waals surface area contributed by atoms with E-state index in [1.165, 1.54) is 6.07 Å². The van der Waals surface area contributed by atoms with Crippen LogP contribution in [0.25, 0.3) is 0 Å². The van der Waals surface area contributed by atoms with E-state index < -0.39 is 0 Å². The molecule has 7 heteroatoms. The van der Waals surface area contributed by atoms with Crippen LogP contribution in [0.15, 0.2) is 64.6 Å². The molecular formula is C15H11ClN4OS. The van der Waals surface area contributed by atoms with Gasteiger partial charge < -0.3 is 10.5 Å². The quantitative estimate of drug-likeness (QED) is 0.727. The van der Waals surface area contributed by atoms with Crippen LogP contribution in [0.4, 0.5) is 5.95 Å². The molecular weight excluding hydrogens is 320 g/mol. The van der Waals surface area contributed by atoms with Crippen LogP contribution in [0.2, 0.25) is 5.15 Å². The minimum absolute atomic E-state index is 0.0763. The summed E-state index contributed by atoms with van der Waals surface area (Å²) in [6, 6.07) is 13.1. The van der Waals surface area contributed by atoms with E-state index >= 15 is 0 Å². The highest BCUT2D eigenvalue weighted by Gasteiger charge is 2.04. The fourth-order valence-electron chi connectivity index (χ4n) is 1.70. The number of nitrogens with zero attached hydrogens (tertiary/aromatic N) is 3. The summed E-state index contributed by atoms with van der Waals surface area (Å²) in [6.07, 6.45) is 3.53. The van der Waals surface area contributed by atoms with Crippen LogP contribution in [0, 0.1) is 0 Å². The molecule has 2 N–H and O–H groups in total. The van der Waals surface area contributed by atoms with Gasteiger partial charge in [0.15, 0.2) is 0 Å². The van der Waals surface area contributed by atoms with E-state index in [1.807, 2.05) is 36.4 Å². The van der Waals surface area contributed by atoms with E-state index in [1.54, 1.807) is 24.2 Å². The Morgan fingerprint density at radius 2 is 1.64 bits per heavy atom. The Morgan fingerprint density at radius 1 is 0.955 bits per heavy atom. The molecule has 110 valence electrons. The average Bonchev–Trinajstić information content (AvgIpc) is 2.49. The Labute approximate surface area is 136 Å². The van der Waals surface area contributed by atoms with Gasteiger partial charge in [-0.25, -0.2) is 4.98 Å². The van der Waals surface area contributed by atoms with Crippen molar-refractivity contribution in [2.75, 3.05) is 5.73 Å². The van der Waals surface area contributed by atoms with Gasteiger partial charge in [0.2, 0.25) is 11.8 Å². The summed E-state index contributed by atoms with van der Waals surface area (Å²) in [7, 11) is 0. The van der Waals surface area contributed by atoms with Crippen LogP contribution in [-0.2, 0) is 0 Å². The minimum Gasteiger partial charge on any atom is -0.439 e. The van der Waals surface area contributed by atoms with Gasteiger partial charge in [0.25, 0.3) is 0 Å². The maximum absolute atomic E-state index is 5.81. The number of nitrogens with two attached hydrogens (primary N) is 1. The van der Waals surface area contributed by atoms with Gasteiger partial charge in [-0.1, -0.05) is 23.4 Å². The number of hydrogen-bond donors (Lipinski definition) is 1. The van der Waals surface area contributed by atoms with Gasteiger partial charge in [-0.15, -0.1) is 0 Å². The van der Waals surface area contributed by atoms with E-state index in [0.29, 0.717) is 11.6 Å². The van der Waals surface area contributed by atoms with Crippen molar-refractivity contribution < 1.29 is 4.74 Å². The summed E-state index contributed by atoms with van der Waals surface area (Å²) in [5, 5.41) is 0.243. The first kappa shape index (κ1) is 14.6. The number of pyridine rings is 1. The van der Waals surface area contributed by atoms with Crippen LogP contribution >= 0.6 is 23.4 Å². The average molecular weight is 331 g/mol. The Morgan fingerprint density at radius 3 is 2.32 bits per heavy atom. The van der Waals surface area contributed by atoms with Gasteiger partial charge >= 0.3 is 0 Å². The zero-order chi connectivity index (χ0) is 15.4. The van der Waals surface area contributed by atoms with Gasteiger partial charge in [0.1, 0.15) is 10.9 Å². The van der Waals surface area contributed by atoms with E-state index in [0.717, 1.165) is 9.79 Å². The van der Waals surface area contributed by atoms with Crippen LogP contribution in [0.5, 0.6) is 11.6 Å². The lowest BCUT2D eigenvalue weighted by atomic mass is 10.3. The number of anilines is 1. The molecule has 0 spiro atoms. The molecule has 0 bridgehead atoms. The molecule has 0 fully saturated rings. The van der Waals surface area contributed by atoms with E-state index in [9.17, 15) is 0 Å². The summed E-state index contributed by atoms with van der Waals surface area (Å²) in [5.74, 6) is 1.03. The van der Waals surface area contributed by atoms with Crippen LogP contribution < -0.4 is 10.5 Å². The molecule has 0 saturated heterocycles. The Kier molecular flexibility index (Phi) is 4.41. The van der Waals surface area contributed by atoms with Crippen molar-refractivity contribution in [2.24, 2.45) is 0 Å². The van der Waals surface area contributed by atoms with Gasteiger partial charge in [-0.2, -0.15) is 4.98 Å². The standard InChI is InChI=1S/C15H11ClN4OS/c16-13-9-14(20-15(17)19-13)21-10-1-3-11(4-2-10)22-12-5-7-18-8-6-12/h1-9H,(H2,17,19,20). The molecule has 3 rings (SSSR count). The smallest absolute Gasteiger partial charge is 0.225 e. The summed E-state index contributed by atoms with van der Waals surface area (Å²) >= 11 is 7.46. The summed E-state index contributed by atoms with van der Waals surface area (Å²) in [4.78, 5) is 14.0.